The summed E-state index contributed by atoms with van der Waals surface area (Å²) >= 11 is 0. The zero-order valence-corrected chi connectivity index (χ0v) is 15.4. The molecular formula is C19H22F2N4O3. The molecule has 7 nitrogen and oxygen atoms in total. The Bertz CT molecular complexity index is 1050. The smallest absolute Gasteiger partial charge is 0.341 e. The van der Waals surface area contributed by atoms with E-state index in [1.54, 1.807) is 4.90 Å². The number of aromatic carboxylic acids is 1. The molecule has 1 aromatic heterocycles. The second kappa shape index (κ2) is 6.44. The minimum absolute atomic E-state index is 0.0933. The van der Waals surface area contributed by atoms with Crippen LogP contribution in [0.25, 0.3) is 10.9 Å². The fraction of sp³-hybridized carbons (Fsp3) is 0.474. The Kier molecular flexibility index (Phi) is 4.29. The van der Waals surface area contributed by atoms with Gasteiger partial charge in [0.05, 0.1) is 16.6 Å². The van der Waals surface area contributed by atoms with Crippen LogP contribution in [0.4, 0.5) is 20.2 Å². The van der Waals surface area contributed by atoms with Gasteiger partial charge >= 0.3 is 5.97 Å². The Morgan fingerprint density at radius 2 is 1.96 bits per heavy atom. The molecule has 2 aliphatic rings. The highest BCUT2D eigenvalue weighted by Crippen LogP contribution is 2.42. The lowest BCUT2D eigenvalue weighted by atomic mass is 9.99. The maximum Gasteiger partial charge on any atom is 0.341 e. The lowest BCUT2D eigenvalue weighted by molar-refractivity contribution is 0.0695. The average Bonchev–Trinajstić information content (AvgIpc) is 3.42. The molecule has 1 aliphatic carbocycles. The van der Waals surface area contributed by atoms with Crippen molar-refractivity contribution in [3.05, 3.63) is 33.6 Å². The topological polar surface area (TPSA) is 115 Å². The third kappa shape index (κ3) is 2.64. The van der Waals surface area contributed by atoms with E-state index in [1.165, 1.54) is 4.57 Å². The number of carboxylic acids is 1. The number of rotatable bonds is 4. The summed E-state index contributed by atoms with van der Waals surface area (Å²) in [6.07, 6.45) is 2.59. The van der Waals surface area contributed by atoms with E-state index < -0.39 is 39.7 Å². The molecule has 2 aromatic rings. The molecule has 9 heteroatoms. The Morgan fingerprint density at radius 1 is 1.29 bits per heavy atom. The highest BCUT2D eigenvalue weighted by molar-refractivity contribution is 5.99. The number of benzene rings is 1. The van der Waals surface area contributed by atoms with Gasteiger partial charge in [-0.05, 0) is 31.2 Å². The maximum absolute atomic E-state index is 15.6. The third-order valence-corrected chi connectivity index (χ3v) is 5.92. The number of hydrogen-bond donors (Lipinski definition) is 3. The van der Waals surface area contributed by atoms with Crippen LogP contribution in [-0.2, 0) is 0 Å². The van der Waals surface area contributed by atoms with E-state index >= 15 is 8.78 Å². The molecule has 5 N–H and O–H groups in total. The second-order valence-corrected chi connectivity index (χ2v) is 7.81. The molecule has 0 spiro atoms. The summed E-state index contributed by atoms with van der Waals surface area (Å²) in [7, 11) is 0. The molecule has 1 aliphatic heterocycles. The van der Waals surface area contributed by atoms with Crippen molar-refractivity contribution in [3.63, 3.8) is 0 Å². The molecular weight excluding hydrogens is 370 g/mol. The molecule has 28 heavy (non-hydrogen) atoms. The molecule has 1 saturated heterocycles. The van der Waals surface area contributed by atoms with E-state index in [-0.39, 0.29) is 29.1 Å². The molecule has 0 unspecified atom stereocenters. The van der Waals surface area contributed by atoms with Gasteiger partial charge in [-0.2, -0.15) is 0 Å². The summed E-state index contributed by atoms with van der Waals surface area (Å²) in [6.45, 7) is 3.18. The molecule has 2 heterocycles. The summed E-state index contributed by atoms with van der Waals surface area (Å²) in [4.78, 5) is 25.7. The van der Waals surface area contributed by atoms with Crippen LogP contribution in [0.3, 0.4) is 0 Å². The Labute approximate surface area is 159 Å². The Morgan fingerprint density at radius 3 is 2.50 bits per heavy atom. The number of aromatic nitrogens is 1. The van der Waals surface area contributed by atoms with Gasteiger partial charge in [0.25, 0.3) is 0 Å². The van der Waals surface area contributed by atoms with E-state index in [1.807, 2.05) is 6.92 Å². The number of anilines is 2. The van der Waals surface area contributed by atoms with Crippen molar-refractivity contribution < 1.29 is 18.7 Å². The van der Waals surface area contributed by atoms with Gasteiger partial charge in [-0.15, -0.1) is 0 Å². The van der Waals surface area contributed by atoms with Crippen molar-refractivity contribution in [2.45, 2.75) is 25.8 Å². The number of halogens is 2. The zero-order valence-electron chi connectivity index (χ0n) is 15.4. The molecule has 1 saturated carbocycles. The van der Waals surface area contributed by atoms with Crippen LogP contribution >= 0.6 is 0 Å². The zero-order chi connectivity index (χ0) is 20.3. The summed E-state index contributed by atoms with van der Waals surface area (Å²) in [5.41, 5.74) is 9.23. The number of pyridine rings is 1. The summed E-state index contributed by atoms with van der Waals surface area (Å²) in [5.74, 6) is -3.12. The number of fused-ring (bicyclic) bond motifs is 1. The van der Waals surface area contributed by atoms with Crippen LogP contribution in [0.1, 0.15) is 36.2 Å². The van der Waals surface area contributed by atoms with Gasteiger partial charge in [0, 0.05) is 25.3 Å². The minimum atomic E-state index is -1.45. The van der Waals surface area contributed by atoms with Crippen molar-refractivity contribution in [1.82, 2.24) is 4.57 Å². The highest BCUT2D eigenvalue weighted by atomic mass is 19.1. The lowest BCUT2D eigenvalue weighted by Crippen LogP contribution is -2.27. The third-order valence-electron chi connectivity index (χ3n) is 5.92. The first kappa shape index (κ1) is 18.7. The molecule has 4 rings (SSSR count). The predicted octanol–water partition coefficient (Wildman–Crippen LogP) is 1.93. The molecule has 0 bridgehead atoms. The van der Waals surface area contributed by atoms with Crippen LogP contribution in [-0.4, -0.2) is 35.3 Å². The van der Waals surface area contributed by atoms with Gasteiger partial charge in [-0.25, -0.2) is 13.6 Å². The van der Waals surface area contributed by atoms with Crippen molar-refractivity contribution in [2.24, 2.45) is 17.6 Å². The van der Waals surface area contributed by atoms with Crippen molar-refractivity contribution in [3.8, 4) is 0 Å². The molecule has 1 aromatic carbocycles. The largest absolute Gasteiger partial charge is 0.477 e. The first-order valence-corrected chi connectivity index (χ1v) is 9.29. The molecule has 0 amide bonds. The number of nitrogens with two attached hydrogens (primary N) is 2. The van der Waals surface area contributed by atoms with Crippen LogP contribution in [0, 0.1) is 23.5 Å². The minimum Gasteiger partial charge on any atom is -0.477 e. The number of carbonyl (C=O) groups is 1. The second-order valence-electron chi connectivity index (χ2n) is 7.81. The summed E-state index contributed by atoms with van der Waals surface area (Å²) in [5, 5.41) is 8.92. The monoisotopic (exact) mass is 392 g/mol. The van der Waals surface area contributed by atoms with Crippen LogP contribution < -0.4 is 21.8 Å². The Balaban J connectivity index is 2.03. The molecule has 150 valence electrons. The van der Waals surface area contributed by atoms with Crippen LogP contribution in [0.15, 0.2) is 11.0 Å². The SMILES string of the molecule is C[C@H]1CN(c2c(F)c(N)c3c(=O)c(C(=O)O)cn(C4CC4)c3c2F)C[C@@H]1CN. The standard InChI is InChI=1S/C19H22F2N4O3/c1-8-5-24(6-9(8)4-22)17-13(20)15(23)12-16(14(17)21)25(10-2-3-10)7-11(18(12)26)19(27)28/h7-10H,2-6,22-23H2,1H3,(H,27,28)/t8-,9-/m0/s1. The van der Waals surface area contributed by atoms with Crippen molar-refractivity contribution >= 4 is 28.2 Å². The average molecular weight is 392 g/mol. The van der Waals surface area contributed by atoms with Crippen LogP contribution in [0.5, 0.6) is 0 Å². The van der Waals surface area contributed by atoms with Crippen molar-refractivity contribution in [2.75, 3.05) is 30.3 Å². The number of nitrogens with zero attached hydrogens (tertiary/aromatic N) is 2. The normalized spacial score (nSPS) is 22.2. The first-order valence-electron chi connectivity index (χ1n) is 9.29. The summed E-state index contributed by atoms with van der Waals surface area (Å²) < 4.78 is 32.2. The first-order chi connectivity index (χ1) is 13.3. The number of nitrogen functional groups attached to an aromatic ring is 1. The maximum atomic E-state index is 15.6. The predicted molar refractivity (Wildman–Crippen MR) is 102 cm³/mol. The van der Waals surface area contributed by atoms with E-state index in [2.05, 4.69) is 0 Å². The van der Waals surface area contributed by atoms with Gasteiger partial charge in [0.15, 0.2) is 11.6 Å². The van der Waals surface area contributed by atoms with Gasteiger partial charge < -0.3 is 26.0 Å². The number of carboxylic acid groups (broad SMARTS) is 1. The number of hydrogen-bond acceptors (Lipinski definition) is 5. The molecule has 0 radical (unpaired) electrons. The van der Waals surface area contributed by atoms with E-state index in [4.69, 9.17) is 11.5 Å². The van der Waals surface area contributed by atoms with Crippen LogP contribution in [0.2, 0.25) is 0 Å². The van der Waals surface area contributed by atoms with E-state index in [9.17, 15) is 14.7 Å². The van der Waals surface area contributed by atoms with Gasteiger partial charge in [-0.1, -0.05) is 6.92 Å². The summed E-state index contributed by atoms with van der Waals surface area (Å²) in [6, 6.07) is -0.136. The fourth-order valence-electron chi connectivity index (χ4n) is 4.15. The van der Waals surface area contributed by atoms with Gasteiger partial charge in [0.1, 0.15) is 11.3 Å². The fourth-order valence-corrected chi connectivity index (χ4v) is 4.15. The van der Waals surface area contributed by atoms with Gasteiger partial charge in [0.2, 0.25) is 5.43 Å². The highest BCUT2D eigenvalue weighted by Gasteiger charge is 2.36. The molecule has 2 fully saturated rings. The van der Waals surface area contributed by atoms with Crippen molar-refractivity contribution in [1.29, 1.82) is 0 Å². The van der Waals surface area contributed by atoms with Gasteiger partial charge in [-0.3, -0.25) is 4.79 Å². The van der Waals surface area contributed by atoms with E-state index in [0.29, 0.717) is 19.6 Å². The lowest BCUT2D eigenvalue weighted by Gasteiger charge is -2.23. The Hall–Kier alpha value is -2.68. The van der Waals surface area contributed by atoms with E-state index in [0.717, 1.165) is 19.0 Å². The quantitative estimate of drug-likeness (QED) is 0.685. The molecule has 2 atom stereocenters.